The highest BCUT2D eigenvalue weighted by molar-refractivity contribution is 6.31. The van der Waals surface area contributed by atoms with Gasteiger partial charge in [-0.25, -0.2) is 0 Å². The maximum absolute atomic E-state index is 11.5. The molecule has 1 heterocycles. The van der Waals surface area contributed by atoms with E-state index in [-0.39, 0.29) is 5.91 Å². The lowest BCUT2D eigenvalue weighted by molar-refractivity contribution is -0.121. The summed E-state index contributed by atoms with van der Waals surface area (Å²) < 4.78 is 1.90. The van der Waals surface area contributed by atoms with Gasteiger partial charge in [0.05, 0.1) is 16.4 Å². The second-order valence-electron chi connectivity index (χ2n) is 4.93. The van der Waals surface area contributed by atoms with E-state index in [1.54, 1.807) is 0 Å². The van der Waals surface area contributed by atoms with E-state index in [1.807, 2.05) is 18.5 Å². The minimum atomic E-state index is 0.126. The van der Waals surface area contributed by atoms with Gasteiger partial charge in [0.15, 0.2) is 0 Å². The number of aryl methyl sites for hydroxylation is 2. The van der Waals surface area contributed by atoms with Gasteiger partial charge in [0, 0.05) is 32.1 Å². The number of nitrogens with one attached hydrogen (secondary N) is 2. The van der Waals surface area contributed by atoms with Gasteiger partial charge < -0.3 is 10.6 Å². The van der Waals surface area contributed by atoms with Crippen LogP contribution >= 0.6 is 11.6 Å². The molecule has 0 atom stereocenters. The Labute approximate surface area is 118 Å². The zero-order valence-corrected chi connectivity index (χ0v) is 12.3. The Bertz CT molecular complexity index is 454. The fraction of sp³-hybridized carbons (Fsp3) is 0.692. The van der Waals surface area contributed by atoms with Crippen LogP contribution in [0, 0.1) is 6.92 Å². The molecule has 106 valence electrons. The minimum absolute atomic E-state index is 0.126. The van der Waals surface area contributed by atoms with Gasteiger partial charge in [0.25, 0.3) is 0 Å². The SMILES string of the molecule is CCn1nc(C)c(Cl)c1CNCCC(=O)NC1CC1. The van der Waals surface area contributed by atoms with Crippen LogP contribution in [0.3, 0.4) is 0 Å². The molecule has 6 heteroatoms. The van der Waals surface area contributed by atoms with Crippen LogP contribution in [0.4, 0.5) is 0 Å². The molecule has 1 fully saturated rings. The summed E-state index contributed by atoms with van der Waals surface area (Å²) in [5.41, 5.74) is 1.84. The van der Waals surface area contributed by atoms with Crippen LogP contribution in [0.5, 0.6) is 0 Å². The Morgan fingerprint density at radius 1 is 1.53 bits per heavy atom. The highest BCUT2D eigenvalue weighted by atomic mass is 35.5. The van der Waals surface area contributed by atoms with E-state index in [0.29, 0.717) is 25.6 Å². The summed E-state index contributed by atoms with van der Waals surface area (Å²) in [6.45, 7) is 6.04. The number of halogens is 1. The van der Waals surface area contributed by atoms with Crippen molar-refractivity contribution < 1.29 is 4.79 Å². The Hall–Kier alpha value is -1.07. The maximum Gasteiger partial charge on any atom is 0.221 e. The number of amides is 1. The Morgan fingerprint density at radius 3 is 2.89 bits per heavy atom. The first-order valence-electron chi connectivity index (χ1n) is 6.83. The van der Waals surface area contributed by atoms with Gasteiger partial charge in [-0.2, -0.15) is 5.10 Å². The van der Waals surface area contributed by atoms with Crippen molar-refractivity contribution in [3.63, 3.8) is 0 Å². The van der Waals surface area contributed by atoms with Crippen LogP contribution in [0.1, 0.15) is 37.6 Å². The van der Waals surface area contributed by atoms with E-state index in [2.05, 4.69) is 15.7 Å². The molecule has 1 aromatic rings. The molecule has 19 heavy (non-hydrogen) atoms. The van der Waals surface area contributed by atoms with Gasteiger partial charge in [-0.05, 0) is 26.7 Å². The summed E-state index contributed by atoms with van der Waals surface area (Å²) >= 11 is 6.21. The van der Waals surface area contributed by atoms with Gasteiger partial charge in [-0.3, -0.25) is 9.48 Å². The molecule has 1 aliphatic carbocycles. The molecule has 0 unspecified atom stereocenters. The lowest BCUT2D eigenvalue weighted by Crippen LogP contribution is -2.29. The average molecular weight is 285 g/mol. The molecule has 1 aliphatic rings. The third kappa shape index (κ3) is 3.94. The summed E-state index contributed by atoms with van der Waals surface area (Å²) in [6.07, 6.45) is 2.76. The van der Waals surface area contributed by atoms with Crippen molar-refractivity contribution in [1.29, 1.82) is 0 Å². The first-order valence-corrected chi connectivity index (χ1v) is 7.21. The van der Waals surface area contributed by atoms with Crippen molar-refractivity contribution >= 4 is 17.5 Å². The van der Waals surface area contributed by atoms with E-state index in [4.69, 9.17) is 11.6 Å². The molecule has 0 saturated heterocycles. The first-order chi connectivity index (χ1) is 9.11. The molecule has 1 aromatic heterocycles. The van der Waals surface area contributed by atoms with E-state index in [9.17, 15) is 4.79 Å². The number of aromatic nitrogens is 2. The van der Waals surface area contributed by atoms with Crippen molar-refractivity contribution in [3.05, 3.63) is 16.4 Å². The van der Waals surface area contributed by atoms with Gasteiger partial charge in [-0.15, -0.1) is 0 Å². The molecular formula is C13H21ClN4O. The summed E-state index contributed by atoms with van der Waals surface area (Å²) in [5, 5.41) is 11.3. The number of carbonyl (C=O) groups is 1. The van der Waals surface area contributed by atoms with Crippen LogP contribution in [-0.4, -0.2) is 28.3 Å². The quantitative estimate of drug-likeness (QED) is 0.748. The molecular weight excluding hydrogens is 264 g/mol. The number of nitrogens with zero attached hydrogens (tertiary/aromatic N) is 2. The second kappa shape index (κ2) is 6.39. The lowest BCUT2D eigenvalue weighted by Gasteiger charge is -2.07. The van der Waals surface area contributed by atoms with Crippen molar-refractivity contribution in [2.24, 2.45) is 0 Å². The number of hydrogen-bond acceptors (Lipinski definition) is 3. The highest BCUT2D eigenvalue weighted by Gasteiger charge is 2.22. The molecule has 2 N–H and O–H groups in total. The van der Waals surface area contributed by atoms with Gasteiger partial charge >= 0.3 is 0 Å². The third-order valence-corrected chi connectivity index (χ3v) is 3.71. The molecule has 0 bridgehead atoms. The summed E-state index contributed by atoms with van der Waals surface area (Å²) in [7, 11) is 0. The predicted molar refractivity (Wildman–Crippen MR) is 75.1 cm³/mol. The molecule has 0 radical (unpaired) electrons. The normalized spacial score (nSPS) is 14.7. The van der Waals surface area contributed by atoms with Crippen molar-refractivity contribution in [2.75, 3.05) is 6.54 Å². The fourth-order valence-electron chi connectivity index (χ4n) is 1.97. The molecule has 0 aromatic carbocycles. The third-order valence-electron chi connectivity index (χ3n) is 3.22. The average Bonchev–Trinajstić information content (AvgIpc) is 3.14. The lowest BCUT2D eigenvalue weighted by atomic mass is 10.3. The van der Waals surface area contributed by atoms with E-state index < -0.39 is 0 Å². The Kier molecular flexibility index (Phi) is 4.82. The van der Waals surface area contributed by atoms with E-state index in [1.165, 1.54) is 0 Å². The number of hydrogen-bond donors (Lipinski definition) is 2. The van der Waals surface area contributed by atoms with Crippen molar-refractivity contribution in [3.8, 4) is 0 Å². The Morgan fingerprint density at radius 2 is 2.26 bits per heavy atom. The number of carbonyl (C=O) groups excluding carboxylic acids is 1. The van der Waals surface area contributed by atoms with Crippen molar-refractivity contribution in [2.45, 2.75) is 52.2 Å². The molecule has 1 amide bonds. The maximum atomic E-state index is 11.5. The van der Waals surface area contributed by atoms with Crippen molar-refractivity contribution in [1.82, 2.24) is 20.4 Å². The van der Waals surface area contributed by atoms with Crippen LogP contribution in [-0.2, 0) is 17.9 Å². The van der Waals surface area contributed by atoms with Crippen LogP contribution in [0.15, 0.2) is 0 Å². The topological polar surface area (TPSA) is 59.0 Å². The summed E-state index contributed by atoms with van der Waals surface area (Å²) in [6, 6.07) is 0.436. The summed E-state index contributed by atoms with van der Waals surface area (Å²) in [5.74, 6) is 0.126. The first kappa shape index (κ1) is 14.3. The van der Waals surface area contributed by atoms with Gasteiger partial charge in [-0.1, -0.05) is 11.6 Å². The smallest absolute Gasteiger partial charge is 0.221 e. The highest BCUT2D eigenvalue weighted by Crippen LogP contribution is 2.20. The van der Waals surface area contributed by atoms with Crippen LogP contribution in [0.25, 0.3) is 0 Å². The van der Waals surface area contributed by atoms with Gasteiger partial charge in [0.2, 0.25) is 5.91 Å². The van der Waals surface area contributed by atoms with E-state index >= 15 is 0 Å². The molecule has 5 nitrogen and oxygen atoms in total. The standard InChI is InChI=1S/C13H21ClN4O/c1-3-18-11(13(14)9(2)17-18)8-15-7-6-12(19)16-10-4-5-10/h10,15H,3-8H2,1-2H3,(H,16,19). The summed E-state index contributed by atoms with van der Waals surface area (Å²) in [4.78, 5) is 11.5. The zero-order valence-electron chi connectivity index (χ0n) is 11.5. The largest absolute Gasteiger partial charge is 0.353 e. The zero-order chi connectivity index (χ0) is 13.8. The van der Waals surface area contributed by atoms with Crippen LogP contribution < -0.4 is 10.6 Å². The van der Waals surface area contributed by atoms with E-state index in [0.717, 1.165) is 35.8 Å². The molecule has 0 spiro atoms. The van der Waals surface area contributed by atoms with Crippen LogP contribution in [0.2, 0.25) is 5.02 Å². The second-order valence-corrected chi connectivity index (χ2v) is 5.31. The number of rotatable bonds is 7. The Balaban J connectivity index is 1.74. The molecule has 1 saturated carbocycles. The molecule has 0 aliphatic heterocycles. The predicted octanol–water partition coefficient (Wildman–Crippen LogP) is 1.62. The monoisotopic (exact) mass is 284 g/mol. The molecule has 2 rings (SSSR count). The minimum Gasteiger partial charge on any atom is -0.353 e. The van der Waals surface area contributed by atoms with Gasteiger partial charge in [0.1, 0.15) is 0 Å². The fourth-order valence-corrected chi connectivity index (χ4v) is 2.18.